The molecule has 1 atom stereocenters. The maximum Gasteiger partial charge on any atom is 0.310 e. The van der Waals surface area contributed by atoms with Gasteiger partial charge >= 0.3 is 5.97 Å². The van der Waals surface area contributed by atoms with E-state index in [-0.39, 0.29) is 29.4 Å². The van der Waals surface area contributed by atoms with Crippen LogP contribution in [-0.4, -0.2) is 56.2 Å². The SMILES string of the molecule is CCOC(=O)[C@H]1CCCN(c2nc3c(C)cccn3c(=O)c2/C=C2\SC(=S)N(C3CCCCC3)C2=O)C1. The summed E-state index contributed by atoms with van der Waals surface area (Å²) in [4.78, 5) is 48.9. The number of amides is 1. The summed E-state index contributed by atoms with van der Waals surface area (Å²) in [7, 11) is 0. The summed E-state index contributed by atoms with van der Waals surface area (Å²) < 4.78 is 7.36. The van der Waals surface area contributed by atoms with E-state index in [9.17, 15) is 14.4 Å². The van der Waals surface area contributed by atoms with Crippen molar-refractivity contribution in [2.45, 2.75) is 64.8 Å². The van der Waals surface area contributed by atoms with Crippen LogP contribution in [0.4, 0.5) is 5.82 Å². The van der Waals surface area contributed by atoms with Crippen LogP contribution in [0.3, 0.4) is 0 Å². The first-order chi connectivity index (χ1) is 17.9. The van der Waals surface area contributed by atoms with Gasteiger partial charge in [0.05, 0.1) is 23.0 Å². The first-order valence-electron chi connectivity index (χ1n) is 13.1. The number of fused-ring (bicyclic) bond motifs is 1. The van der Waals surface area contributed by atoms with Gasteiger partial charge in [-0.1, -0.05) is 49.3 Å². The van der Waals surface area contributed by atoms with Gasteiger partial charge < -0.3 is 9.64 Å². The van der Waals surface area contributed by atoms with E-state index in [1.807, 2.05) is 24.0 Å². The summed E-state index contributed by atoms with van der Waals surface area (Å²) in [6.45, 7) is 5.12. The van der Waals surface area contributed by atoms with Crippen LogP contribution in [0, 0.1) is 12.8 Å². The summed E-state index contributed by atoms with van der Waals surface area (Å²) in [6, 6.07) is 3.85. The van der Waals surface area contributed by atoms with Gasteiger partial charge in [0, 0.05) is 25.3 Å². The molecule has 3 aliphatic rings. The number of aryl methyl sites for hydroxylation is 1. The number of nitrogens with zero attached hydrogens (tertiary/aromatic N) is 4. The number of thioether (sulfide) groups is 1. The maximum absolute atomic E-state index is 13.8. The normalized spacial score (nSPS) is 22.3. The Labute approximate surface area is 226 Å². The minimum Gasteiger partial charge on any atom is -0.466 e. The standard InChI is InChI=1S/C27H32N4O4S2/c1-3-35-26(34)18-10-8-13-29(16-18)23-20(24(32)30-14-7-9-17(2)22(30)28-23)15-21-25(33)31(27(36)37-21)19-11-5-4-6-12-19/h7,9,14-15,18-19H,3-6,8,10-13,16H2,1-2H3/b21-15-/t18-/m0/s1. The molecule has 0 N–H and O–H groups in total. The Morgan fingerprint density at radius 3 is 2.76 bits per heavy atom. The molecule has 0 aromatic carbocycles. The van der Waals surface area contributed by atoms with Gasteiger partial charge in [0.1, 0.15) is 15.8 Å². The number of hydrogen-bond acceptors (Lipinski definition) is 8. The second kappa shape index (κ2) is 10.9. The molecule has 196 valence electrons. The Balaban J connectivity index is 1.57. The number of carbonyl (C=O) groups is 2. The smallest absolute Gasteiger partial charge is 0.310 e. The Hall–Kier alpha value is -2.72. The molecule has 0 spiro atoms. The second-order valence-corrected chi connectivity index (χ2v) is 11.6. The number of ether oxygens (including phenoxy) is 1. The Kier molecular flexibility index (Phi) is 7.67. The molecule has 1 aliphatic carbocycles. The van der Waals surface area contributed by atoms with E-state index in [1.54, 1.807) is 24.1 Å². The molecule has 0 radical (unpaired) electrons. The molecule has 1 amide bonds. The summed E-state index contributed by atoms with van der Waals surface area (Å²) in [5.41, 5.74) is 1.53. The van der Waals surface area contributed by atoms with Gasteiger partial charge in [-0.2, -0.15) is 0 Å². The van der Waals surface area contributed by atoms with Gasteiger partial charge in [0.15, 0.2) is 0 Å². The van der Waals surface area contributed by atoms with Crippen molar-refractivity contribution < 1.29 is 14.3 Å². The lowest BCUT2D eigenvalue weighted by atomic mass is 9.94. The van der Waals surface area contributed by atoms with E-state index in [0.29, 0.717) is 46.0 Å². The van der Waals surface area contributed by atoms with E-state index >= 15 is 0 Å². The van der Waals surface area contributed by atoms with Crippen LogP contribution >= 0.6 is 24.0 Å². The van der Waals surface area contributed by atoms with Crippen molar-refractivity contribution in [3.8, 4) is 0 Å². The average Bonchev–Trinajstić information content (AvgIpc) is 3.19. The lowest BCUT2D eigenvalue weighted by Crippen LogP contribution is -2.41. The maximum atomic E-state index is 13.8. The fourth-order valence-corrected chi connectivity index (χ4v) is 6.94. The summed E-state index contributed by atoms with van der Waals surface area (Å²) >= 11 is 6.87. The predicted octanol–water partition coefficient (Wildman–Crippen LogP) is 4.32. The minimum atomic E-state index is -0.289. The minimum absolute atomic E-state index is 0.123. The van der Waals surface area contributed by atoms with E-state index < -0.39 is 0 Å². The van der Waals surface area contributed by atoms with Crippen molar-refractivity contribution >= 4 is 57.7 Å². The molecule has 10 heteroatoms. The number of anilines is 1. The summed E-state index contributed by atoms with van der Waals surface area (Å²) in [5, 5.41) is 0. The number of pyridine rings is 1. The van der Waals surface area contributed by atoms with Crippen LogP contribution in [0.1, 0.15) is 63.0 Å². The number of esters is 1. The molecular weight excluding hydrogens is 508 g/mol. The van der Waals surface area contributed by atoms with Crippen LogP contribution in [0.2, 0.25) is 0 Å². The predicted molar refractivity (Wildman–Crippen MR) is 150 cm³/mol. The van der Waals surface area contributed by atoms with Crippen molar-refractivity contribution in [2.75, 3.05) is 24.6 Å². The molecule has 5 rings (SSSR count). The molecule has 1 saturated carbocycles. The molecule has 8 nitrogen and oxygen atoms in total. The number of rotatable bonds is 5. The Morgan fingerprint density at radius 1 is 1.22 bits per heavy atom. The lowest BCUT2D eigenvalue weighted by Gasteiger charge is -2.33. The van der Waals surface area contributed by atoms with Crippen LogP contribution in [0.15, 0.2) is 28.0 Å². The van der Waals surface area contributed by atoms with Crippen molar-refractivity contribution in [2.24, 2.45) is 5.92 Å². The Morgan fingerprint density at radius 2 is 2.00 bits per heavy atom. The first kappa shape index (κ1) is 25.9. The number of hydrogen-bond donors (Lipinski definition) is 0. The quantitative estimate of drug-likeness (QED) is 0.315. The van der Waals surface area contributed by atoms with Crippen molar-refractivity contribution in [1.82, 2.24) is 14.3 Å². The largest absolute Gasteiger partial charge is 0.466 e. The number of carbonyl (C=O) groups excluding carboxylic acids is 2. The fourth-order valence-electron chi connectivity index (χ4n) is 5.55. The third-order valence-electron chi connectivity index (χ3n) is 7.44. The van der Waals surface area contributed by atoms with Gasteiger partial charge in [-0.3, -0.25) is 23.7 Å². The third-order valence-corrected chi connectivity index (χ3v) is 8.77. The number of piperidine rings is 1. The zero-order valence-electron chi connectivity index (χ0n) is 21.3. The molecular formula is C27H32N4O4S2. The highest BCUT2D eigenvalue weighted by Crippen LogP contribution is 2.38. The summed E-state index contributed by atoms with van der Waals surface area (Å²) in [5.74, 6) is -0.153. The van der Waals surface area contributed by atoms with Gasteiger partial charge in [-0.15, -0.1) is 0 Å². The molecule has 2 aromatic rings. The van der Waals surface area contributed by atoms with Gasteiger partial charge in [0.2, 0.25) is 0 Å². The van der Waals surface area contributed by atoms with Crippen LogP contribution in [0.5, 0.6) is 0 Å². The average molecular weight is 541 g/mol. The van der Waals surface area contributed by atoms with Crippen molar-refractivity contribution in [1.29, 1.82) is 0 Å². The fraction of sp³-hybridized carbons (Fsp3) is 0.519. The third kappa shape index (κ3) is 5.05. The highest BCUT2D eigenvalue weighted by Gasteiger charge is 2.38. The monoisotopic (exact) mass is 540 g/mol. The zero-order valence-corrected chi connectivity index (χ0v) is 22.9. The molecule has 0 unspecified atom stereocenters. The van der Waals surface area contributed by atoms with Crippen LogP contribution in [-0.2, 0) is 14.3 Å². The molecule has 2 saturated heterocycles. The van der Waals surface area contributed by atoms with E-state index in [1.165, 1.54) is 22.6 Å². The topological polar surface area (TPSA) is 84.2 Å². The molecule has 2 aliphatic heterocycles. The number of thiocarbonyl (C=S) groups is 1. The molecule has 0 bridgehead atoms. The van der Waals surface area contributed by atoms with Crippen molar-refractivity contribution in [3.63, 3.8) is 0 Å². The van der Waals surface area contributed by atoms with Crippen molar-refractivity contribution in [3.05, 3.63) is 44.7 Å². The summed E-state index contributed by atoms with van der Waals surface area (Å²) in [6.07, 6.45) is 10.2. The van der Waals surface area contributed by atoms with Crippen LogP contribution < -0.4 is 10.5 Å². The Bertz CT molecular complexity index is 1330. The number of aromatic nitrogens is 2. The molecule has 4 heterocycles. The molecule has 37 heavy (non-hydrogen) atoms. The highest BCUT2D eigenvalue weighted by atomic mass is 32.2. The molecule has 2 aromatic heterocycles. The van der Waals surface area contributed by atoms with E-state index in [4.69, 9.17) is 21.9 Å². The second-order valence-electron chi connectivity index (χ2n) is 9.92. The van der Waals surface area contributed by atoms with Gasteiger partial charge in [0.25, 0.3) is 11.5 Å². The molecule has 3 fully saturated rings. The van der Waals surface area contributed by atoms with Crippen LogP contribution in [0.25, 0.3) is 11.7 Å². The first-order valence-corrected chi connectivity index (χ1v) is 14.3. The van der Waals surface area contributed by atoms with Gasteiger partial charge in [-0.05, 0) is 57.2 Å². The lowest BCUT2D eigenvalue weighted by molar-refractivity contribution is -0.148. The van der Waals surface area contributed by atoms with E-state index in [2.05, 4.69) is 0 Å². The van der Waals surface area contributed by atoms with Gasteiger partial charge in [-0.25, -0.2) is 4.98 Å². The zero-order chi connectivity index (χ0) is 26.1. The highest BCUT2D eigenvalue weighted by molar-refractivity contribution is 8.26. The van der Waals surface area contributed by atoms with E-state index in [0.717, 1.165) is 44.1 Å².